The Hall–Kier alpha value is -0.700. The minimum Gasteiger partial charge on any atom is -0.337 e. The van der Waals surface area contributed by atoms with Crippen LogP contribution in [0.1, 0.15) is 40.5 Å². The van der Waals surface area contributed by atoms with E-state index in [1.165, 1.54) is 0 Å². The Balaban J connectivity index is 2.53. The van der Waals surface area contributed by atoms with Crippen molar-refractivity contribution >= 4 is 16.1 Å². The van der Waals surface area contributed by atoms with Crippen LogP contribution in [0.15, 0.2) is 0 Å². The van der Waals surface area contributed by atoms with Gasteiger partial charge in [0, 0.05) is 25.2 Å². The third kappa shape index (κ3) is 6.60. The molecule has 0 unspecified atom stereocenters. The fraction of sp³-hybridized carbons (Fsp3) is 0.929. The molecule has 0 aliphatic carbocycles. The van der Waals surface area contributed by atoms with Gasteiger partial charge in [-0.2, -0.15) is 8.42 Å². The summed E-state index contributed by atoms with van der Waals surface area (Å²) in [6.07, 6.45) is 1.92. The highest BCUT2D eigenvalue weighted by Gasteiger charge is 2.26. The number of piperidine rings is 1. The van der Waals surface area contributed by atoms with Crippen LogP contribution >= 0.6 is 0 Å². The highest BCUT2D eigenvalue weighted by Crippen LogP contribution is 2.16. The molecule has 0 spiro atoms. The lowest BCUT2D eigenvalue weighted by molar-refractivity contribution is -0.136. The van der Waals surface area contributed by atoms with Crippen molar-refractivity contribution in [3.05, 3.63) is 0 Å². The van der Waals surface area contributed by atoms with E-state index in [1.807, 2.05) is 32.6 Å². The molecule has 1 atom stereocenters. The predicted octanol–water partition coefficient (Wildman–Crippen LogP) is 0.137. The number of carbonyl (C=O) groups is 1. The summed E-state index contributed by atoms with van der Waals surface area (Å²) in [6, 6.07) is 0.356. The van der Waals surface area contributed by atoms with Gasteiger partial charge in [-0.25, -0.2) is 9.86 Å². The van der Waals surface area contributed by atoms with Crippen LogP contribution in [0.5, 0.6) is 0 Å². The van der Waals surface area contributed by atoms with E-state index in [-0.39, 0.29) is 23.9 Å². The van der Waals surface area contributed by atoms with Crippen LogP contribution in [0.25, 0.3) is 0 Å². The van der Waals surface area contributed by atoms with Crippen molar-refractivity contribution in [1.82, 2.24) is 14.5 Å². The number of hydrogen-bond acceptors (Lipinski definition) is 4. The smallest absolute Gasteiger partial charge is 0.274 e. The van der Waals surface area contributed by atoms with Gasteiger partial charge >= 0.3 is 0 Å². The number of likely N-dealkylation sites (tertiary alicyclic amines) is 1. The molecule has 1 aliphatic heterocycles. The van der Waals surface area contributed by atoms with Crippen LogP contribution in [0.2, 0.25) is 0 Å². The highest BCUT2D eigenvalue weighted by molar-refractivity contribution is 7.87. The first-order chi connectivity index (χ1) is 10.1. The molecule has 1 fully saturated rings. The van der Waals surface area contributed by atoms with E-state index in [0.717, 1.165) is 25.9 Å². The average molecular weight is 334 g/mol. The molecule has 1 aliphatic rings. The van der Waals surface area contributed by atoms with Gasteiger partial charge in [0.15, 0.2) is 0 Å². The summed E-state index contributed by atoms with van der Waals surface area (Å²) in [5, 5.41) is 4.96. The van der Waals surface area contributed by atoms with Crippen molar-refractivity contribution in [1.29, 1.82) is 0 Å². The highest BCUT2D eigenvalue weighted by atomic mass is 32.2. The van der Waals surface area contributed by atoms with Crippen molar-refractivity contribution < 1.29 is 13.2 Å². The van der Waals surface area contributed by atoms with Crippen LogP contribution in [0, 0.1) is 5.92 Å². The van der Waals surface area contributed by atoms with Gasteiger partial charge in [0.1, 0.15) is 0 Å². The Morgan fingerprint density at radius 3 is 2.41 bits per heavy atom. The van der Waals surface area contributed by atoms with Gasteiger partial charge in [-0.1, -0.05) is 0 Å². The van der Waals surface area contributed by atoms with E-state index < -0.39 is 10.2 Å². The zero-order valence-corrected chi connectivity index (χ0v) is 14.9. The van der Waals surface area contributed by atoms with E-state index >= 15 is 0 Å². The van der Waals surface area contributed by atoms with E-state index in [1.54, 1.807) is 0 Å². The molecule has 1 saturated heterocycles. The second kappa shape index (κ2) is 8.24. The molecule has 0 aromatic heterocycles. The van der Waals surface area contributed by atoms with Gasteiger partial charge in [-0.05, 0) is 53.0 Å². The predicted molar refractivity (Wildman–Crippen MR) is 87.4 cm³/mol. The second-order valence-electron chi connectivity index (χ2n) is 6.63. The van der Waals surface area contributed by atoms with Crippen molar-refractivity contribution in [2.75, 3.05) is 26.2 Å². The minimum atomic E-state index is -3.64. The molecule has 8 heteroatoms. The molecular weight excluding hydrogens is 304 g/mol. The molecule has 22 heavy (non-hydrogen) atoms. The average Bonchev–Trinajstić information content (AvgIpc) is 2.35. The van der Waals surface area contributed by atoms with E-state index in [4.69, 9.17) is 5.14 Å². The van der Waals surface area contributed by atoms with Crippen LogP contribution in [0.3, 0.4) is 0 Å². The molecule has 130 valence electrons. The molecule has 1 heterocycles. The first kappa shape index (κ1) is 19.3. The lowest BCUT2D eigenvalue weighted by Crippen LogP contribution is -2.50. The number of nitrogens with zero attached hydrogens (tertiary/aromatic N) is 2. The van der Waals surface area contributed by atoms with Gasteiger partial charge in [0.25, 0.3) is 10.2 Å². The van der Waals surface area contributed by atoms with E-state index in [9.17, 15) is 13.2 Å². The molecular formula is C14H30N4O3S. The number of amides is 1. The summed E-state index contributed by atoms with van der Waals surface area (Å²) >= 11 is 0. The van der Waals surface area contributed by atoms with Gasteiger partial charge in [0.2, 0.25) is 5.91 Å². The molecule has 0 saturated carbocycles. The summed E-state index contributed by atoms with van der Waals surface area (Å²) < 4.78 is 24.3. The standard InChI is InChI=1S/C14H30N4O3S/c1-11(2)18(12(3)4)14(19)10-17-7-5-6-13(9-17)8-16-22(15,20)21/h11-13,16H,5-10H2,1-4H3,(H2,15,20,21)/t13-/m0/s1. The first-order valence-corrected chi connectivity index (χ1v) is 9.45. The number of hydrogen-bond donors (Lipinski definition) is 2. The number of nitrogens with one attached hydrogen (secondary N) is 1. The molecule has 3 N–H and O–H groups in total. The molecule has 1 rings (SSSR count). The van der Waals surface area contributed by atoms with Crippen LogP contribution in [-0.4, -0.2) is 62.4 Å². The Bertz CT molecular complexity index is 457. The molecule has 0 aromatic rings. The van der Waals surface area contributed by atoms with E-state index in [0.29, 0.717) is 13.1 Å². The Morgan fingerprint density at radius 2 is 1.91 bits per heavy atom. The Morgan fingerprint density at radius 1 is 1.32 bits per heavy atom. The Kier molecular flexibility index (Phi) is 7.24. The SMILES string of the molecule is CC(C)N(C(=O)CN1CCC[C@@H](CNS(N)(=O)=O)C1)C(C)C. The molecule has 0 bridgehead atoms. The lowest BCUT2D eigenvalue weighted by atomic mass is 9.98. The minimum absolute atomic E-state index is 0.130. The fourth-order valence-corrected chi connectivity index (χ4v) is 3.61. The zero-order chi connectivity index (χ0) is 16.9. The van der Waals surface area contributed by atoms with Gasteiger partial charge in [-0.3, -0.25) is 9.69 Å². The third-order valence-corrected chi connectivity index (χ3v) is 4.50. The molecule has 1 amide bonds. The summed E-state index contributed by atoms with van der Waals surface area (Å²) in [7, 11) is -3.64. The first-order valence-electron chi connectivity index (χ1n) is 7.91. The van der Waals surface area contributed by atoms with Gasteiger partial charge in [0.05, 0.1) is 6.54 Å². The topological polar surface area (TPSA) is 95.7 Å². The molecule has 0 radical (unpaired) electrons. The van der Waals surface area contributed by atoms with Gasteiger partial charge < -0.3 is 4.90 Å². The maximum absolute atomic E-state index is 12.5. The maximum atomic E-state index is 12.5. The van der Waals surface area contributed by atoms with Crippen molar-refractivity contribution in [2.45, 2.75) is 52.6 Å². The monoisotopic (exact) mass is 334 g/mol. The van der Waals surface area contributed by atoms with Crippen LogP contribution in [-0.2, 0) is 15.0 Å². The van der Waals surface area contributed by atoms with Crippen molar-refractivity contribution in [3.8, 4) is 0 Å². The number of carbonyl (C=O) groups excluding carboxylic acids is 1. The van der Waals surface area contributed by atoms with Gasteiger partial charge in [-0.15, -0.1) is 0 Å². The second-order valence-corrected chi connectivity index (χ2v) is 8.00. The lowest BCUT2D eigenvalue weighted by Gasteiger charge is -2.36. The molecule has 0 aromatic carbocycles. The summed E-state index contributed by atoms with van der Waals surface area (Å²) in [6.45, 7) is 10.4. The maximum Gasteiger partial charge on any atom is 0.274 e. The van der Waals surface area contributed by atoms with Crippen LogP contribution in [0.4, 0.5) is 0 Å². The number of rotatable bonds is 7. The summed E-state index contributed by atoms with van der Waals surface area (Å²) in [4.78, 5) is 16.5. The molecule has 7 nitrogen and oxygen atoms in total. The van der Waals surface area contributed by atoms with Crippen LogP contribution < -0.4 is 9.86 Å². The van der Waals surface area contributed by atoms with Crippen molar-refractivity contribution in [3.63, 3.8) is 0 Å². The van der Waals surface area contributed by atoms with Crippen molar-refractivity contribution in [2.24, 2.45) is 11.1 Å². The summed E-state index contributed by atoms with van der Waals surface area (Å²) in [5.41, 5.74) is 0. The van der Waals surface area contributed by atoms with E-state index in [2.05, 4.69) is 9.62 Å². The normalized spacial score (nSPS) is 20.6. The third-order valence-electron chi connectivity index (χ3n) is 3.94. The quantitative estimate of drug-likeness (QED) is 0.692. The Labute approximate surface area is 134 Å². The summed E-state index contributed by atoms with van der Waals surface area (Å²) in [5.74, 6) is 0.330. The largest absolute Gasteiger partial charge is 0.337 e. The zero-order valence-electron chi connectivity index (χ0n) is 14.1. The fourth-order valence-electron chi connectivity index (χ4n) is 3.14. The number of nitrogens with two attached hydrogens (primary N) is 1.